The zero-order chi connectivity index (χ0) is 26.2. The van der Waals surface area contributed by atoms with Crippen molar-refractivity contribution in [3.05, 3.63) is 84.1 Å². The Labute approximate surface area is 216 Å². The molecule has 0 bridgehead atoms. The Hall–Kier alpha value is -5.24. The van der Waals surface area contributed by atoms with Gasteiger partial charge in [0.05, 0.1) is 46.6 Å². The molecular formula is C27H20FN9O. The number of nitrogens with zero attached hydrogens (tertiary/aromatic N) is 9. The van der Waals surface area contributed by atoms with Crippen LogP contribution in [0, 0.1) is 24.1 Å². The minimum absolute atomic E-state index is 0.215. The molecule has 0 amide bonds. The summed E-state index contributed by atoms with van der Waals surface area (Å²) in [5.74, 6) is 1.12. The molecule has 2 aromatic carbocycles. The summed E-state index contributed by atoms with van der Waals surface area (Å²) >= 11 is 0. The summed E-state index contributed by atoms with van der Waals surface area (Å²) in [6, 6.07) is 11.9. The number of nitriles is 1. The molecule has 0 fully saturated rings. The van der Waals surface area contributed by atoms with Crippen molar-refractivity contribution in [2.24, 2.45) is 9.98 Å². The Morgan fingerprint density at radius 1 is 1.24 bits per heavy atom. The fourth-order valence-electron chi connectivity index (χ4n) is 4.72. The van der Waals surface area contributed by atoms with Crippen molar-refractivity contribution in [2.45, 2.75) is 19.4 Å². The highest BCUT2D eigenvalue weighted by atomic mass is 19.1. The standard InChI is InChI=1S/C27H20FN9O/c1-16-25(35-27(30-2)36-15-33-21-7-6-17(11-29)10-23(21)36)37(26(34-16)18-12-31-14-32-13-18)22-8-9-38-24-19(22)4-3-5-20(24)28/h3-7,10,12-15,22H,2,8-9H2,1H3/b35-27+. The Bertz CT molecular complexity index is 1760. The van der Waals surface area contributed by atoms with E-state index in [0.29, 0.717) is 58.1 Å². The van der Waals surface area contributed by atoms with Crippen LogP contribution in [0.15, 0.2) is 71.4 Å². The van der Waals surface area contributed by atoms with Gasteiger partial charge in [0.15, 0.2) is 17.4 Å². The van der Waals surface area contributed by atoms with E-state index in [2.05, 4.69) is 32.7 Å². The topological polar surface area (TPSA) is 119 Å². The first-order valence-corrected chi connectivity index (χ1v) is 11.8. The first kappa shape index (κ1) is 23.2. The van der Waals surface area contributed by atoms with Crippen LogP contribution in [0.5, 0.6) is 5.75 Å². The van der Waals surface area contributed by atoms with Crippen LogP contribution < -0.4 is 4.74 Å². The third-order valence-corrected chi connectivity index (χ3v) is 6.42. The molecule has 38 heavy (non-hydrogen) atoms. The molecular weight excluding hydrogens is 485 g/mol. The average Bonchev–Trinajstić information content (AvgIpc) is 3.52. The maximum absolute atomic E-state index is 14.7. The summed E-state index contributed by atoms with van der Waals surface area (Å²) in [5, 5.41) is 9.38. The molecule has 1 aliphatic rings. The van der Waals surface area contributed by atoms with Crippen LogP contribution in [-0.2, 0) is 0 Å². The van der Waals surface area contributed by atoms with Gasteiger partial charge in [-0.25, -0.2) is 29.3 Å². The van der Waals surface area contributed by atoms with Crippen molar-refractivity contribution in [1.29, 1.82) is 5.26 Å². The van der Waals surface area contributed by atoms with E-state index in [1.807, 2.05) is 17.6 Å². The van der Waals surface area contributed by atoms with E-state index in [4.69, 9.17) is 14.7 Å². The number of hydrogen-bond donors (Lipinski definition) is 0. The van der Waals surface area contributed by atoms with Crippen molar-refractivity contribution in [3.63, 3.8) is 0 Å². The predicted molar refractivity (Wildman–Crippen MR) is 139 cm³/mol. The number of hydrogen-bond acceptors (Lipinski definition) is 7. The van der Waals surface area contributed by atoms with Gasteiger partial charge in [-0.2, -0.15) is 10.3 Å². The lowest BCUT2D eigenvalue weighted by Crippen LogP contribution is -2.22. The summed E-state index contributed by atoms with van der Waals surface area (Å²) in [4.78, 5) is 26.6. The molecule has 1 aliphatic heterocycles. The van der Waals surface area contributed by atoms with Gasteiger partial charge in [0.2, 0.25) is 5.96 Å². The molecule has 10 nitrogen and oxygen atoms in total. The zero-order valence-electron chi connectivity index (χ0n) is 20.3. The van der Waals surface area contributed by atoms with Crippen LogP contribution in [0.3, 0.4) is 0 Å². The van der Waals surface area contributed by atoms with Gasteiger partial charge < -0.3 is 9.30 Å². The first-order valence-electron chi connectivity index (χ1n) is 11.8. The molecule has 0 N–H and O–H groups in total. The maximum atomic E-state index is 14.7. The van der Waals surface area contributed by atoms with E-state index in [1.54, 1.807) is 47.6 Å². The zero-order valence-corrected chi connectivity index (χ0v) is 20.3. The summed E-state index contributed by atoms with van der Waals surface area (Å²) in [6.07, 6.45) is 6.93. The van der Waals surface area contributed by atoms with Crippen molar-refractivity contribution in [2.75, 3.05) is 6.61 Å². The van der Waals surface area contributed by atoms with E-state index in [-0.39, 0.29) is 17.8 Å². The number of para-hydroxylation sites is 1. The van der Waals surface area contributed by atoms with Crippen LogP contribution in [0.25, 0.3) is 22.4 Å². The number of ether oxygens (including phenoxy) is 1. The Morgan fingerprint density at radius 2 is 2.08 bits per heavy atom. The summed E-state index contributed by atoms with van der Waals surface area (Å²) in [7, 11) is 0. The van der Waals surface area contributed by atoms with E-state index >= 15 is 0 Å². The number of aryl methyl sites for hydroxylation is 1. The Morgan fingerprint density at radius 3 is 2.87 bits per heavy atom. The Balaban J connectivity index is 1.59. The molecule has 0 saturated carbocycles. The van der Waals surface area contributed by atoms with Gasteiger partial charge in [0.1, 0.15) is 18.5 Å². The second-order valence-corrected chi connectivity index (χ2v) is 8.65. The highest BCUT2D eigenvalue weighted by Crippen LogP contribution is 2.42. The van der Waals surface area contributed by atoms with E-state index in [0.717, 1.165) is 0 Å². The number of benzene rings is 2. The predicted octanol–water partition coefficient (Wildman–Crippen LogP) is 4.62. The smallest absolute Gasteiger partial charge is 0.236 e. The van der Waals surface area contributed by atoms with Gasteiger partial charge >= 0.3 is 0 Å². The number of aliphatic imine (C=N–C) groups is 2. The van der Waals surface area contributed by atoms with Gasteiger partial charge in [-0.1, -0.05) is 12.1 Å². The van der Waals surface area contributed by atoms with Crippen molar-refractivity contribution >= 4 is 29.5 Å². The molecule has 0 radical (unpaired) electrons. The highest BCUT2D eigenvalue weighted by molar-refractivity contribution is 5.96. The average molecular weight is 506 g/mol. The number of fused-ring (bicyclic) bond motifs is 2. The monoisotopic (exact) mass is 505 g/mol. The van der Waals surface area contributed by atoms with Gasteiger partial charge in [0.25, 0.3) is 0 Å². The van der Waals surface area contributed by atoms with E-state index in [9.17, 15) is 9.65 Å². The molecule has 0 spiro atoms. The van der Waals surface area contributed by atoms with E-state index < -0.39 is 5.82 Å². The third-order valence-electron chi connectivity index (χ3n) is 6.42. The summed E-state index contributed by atoms with van der Waals surface area (Å²) in [6.45, 7) is 5.89. The van der Waals surface area contributed by atoms with Gasteiger partial charge in [0, 0.05) is 24.4 Å². The summed E-state index contributed by atoms with van der Waals surface area (Å²) < 4.78 is 24.0. The molecule has 6 rings (SSSR count). The van der Waals surface area contributed by atoms with Crippen LogP contribution in [0.1, 0.15) is 29.3 Å². The molecule has 5 aromatic rings. The fourth-order valence-corrected chi connectivity index (χ4v) is 4.72. The Kier molecular flexibility index (Phi) is 5.69. The first-order chi connectivity index (χ1) is 18.6. The highest BCUT2D eigenvalue weighted by Gasteiger charge is 2.31. The molecule has 4 heterocycles. The second-order valence-electron chi connectivity index (χ2n) is 8.65. The molecule has 0 aliphatic carbocycles. The molecule has 11 heteroatoms. The minimum Gasteiger partial charge on any atom is -0.490 e. The van der Waals surface area contributed by atoms with Crippen LogP contribution in [0.2, 0.25) is 0 Å². The molecule has 186 valence electrons. The van der Waals surface area contributed by atoms with Crippen molar-refractivity contribution < 1.29 is 9.13 Å². The van der Waals surface area contributed by atoms with Gasteiger partial charge in [-0.15, -0.1) is 0 Å². The van der Waals surface area contributed by atoms with Crippen molar-refractivity contribution in [1.82, 2.24) is 29.1 Å². The van der Waals surface area contributed by atoms with Gasteiger partial charge in [-0.3, -0.25) is 4.57 Å². The lowest BCUT2D eigenvalue weighted by atomic mass is 9.99. The van der Waals surface area contributed by atoms with E-state index in [1.165, 1.54) is 12.4 Å². The third kappa shape index (κ3) is 3.79. The number of halogens is 1. The lowest BCUT2D eigenvalue weighted by Gasteiger charge is -2.29. The molecule has 1 atom stereocenters. The van der Waals surface area contributed by atoms with Gasteiger partial charge in [-0.05, 0) is 37.9 Å². The normalized spacial score (nSPS) is 15.1. The second kappa shape index (κ2) is 9.33. The molecule has 3 aromatic heterocycles. The lowest BCUT2D eigenvalue weighted by molar-refractivity contribution is 0.245. The molecule has 0 saturated heterocycles. The number of imidazole rings is 2. The summed E-state index contributed by atoms with van der Waals surface area (Å²) in [5.41, 5.74) is 3.81. The fraction of sp³-hybridized carbons (Fsp3) is 0.148. The number of aromatic nitrogens is 6. The maximum Gasteiger partial charge on any atom is 0.236 e. The van der Waals surface area contributed by atoms with Crippen molar-refractivity contribution in [3.8, 4) is 23.2 Å². The van der Waals surface area contributed by atoms with Crippen LogP contribution in [0.4, 0.5) is 10.2 Å². The minimum atomic E-state index is -0.426. The van der Waals surface area contributed by atoms with Crippen LogP contribution >= 0.6 is 0 Å². The quantitative estimate of drug-likeness (QED) is 0.261. The SMILES string of the molecule is C=N/C(=N\c1c(C)nc(-c2cncnc2)n1C1CCOc2c(F)cccc21)n1cnc2ccc(C#N)cc21. The van der Waals surface area contributed by atoms with Crippen LogP contribution in [-0.4, -0.2) is 48.4 Å². The largest absolute Gasteiger partial charge is 0.490 e. The number of rotatable bonds is 3. The molecule has 1 unspecified atom stereocenters.